The van der Waals surface area contributed by atoms with Crippen LogP contribution in [0.25, 0.3) is 0 Å². The first-order valence-corrected chi connectivity index (χ1v) is 6.81. The summed E-state index contributed by atoms with van der Waals surface area (Å²) in [6.45, 7) is 4.92. The summed E-state index contributed by atoms with van der Waals surface area (Å²) in [5.41, 5.74) is 5.77. The molecule has 0 aliphatic heterocycles. The Morgan fingerprint density at radius 3 is 2.76 bits per heavy atom. The van der Waals surface area contributed by atoms with Crippen LogP contribution in [0.4, 0.5) is 4.39 Å². The summed E-state index contributed by atoms with van der Waals surface area (Å²) in [6.07, 6.45) is 0.117. The molecule has 1 aromatic rings. The van der Waals surface area contributed by atoms with Crippen LogP contribution in [-0.2, 0) is 4.74 Å². The molecule has 0 bridgehead atoms. The van der Waals surface area contributed by atoms with E-state index in [4.69, 9.17) is 10.5 Å². The molecule has 0 radical (unpaired) electrons. The van der Waals surface area contributed by atoms with E-state index in [1.165, 1.54) is 17.0 Å². The highest BCUT2D eigenvalue weighted by Crippen LogP contribution is 2.11. The first kappa shape index (κ1) is 17.2. The maximum Gasteiger partial charge on any atom is 0.253 e. The van der Waals surface area contributed by atoms with Gasteiger partial charge in [-0.25, -0.2) is 4.39 Å². The van der Waals surface area contributed by atoms with E-state index >= 15 is 0 Å². The average molecular weight is 292 g/mol. The molecule has 5 heteroatoms. The summed E-state index contributed by atoms with van der Waals surface area (Å²) in [6, 6.07) is 4.25. The highest BCUT2D eigenvalue weighted by molar-refractivity contribution is 5.94. The maximum atomic E-state index is 13.8. The number of carbonyl (C=O) groups excluding carboxylic acids is 1. The third-order valence-corrected chi connectivity index (χ3v) is 2.77. The van der Waals surface area contributed by atoms with Gasteiger partial charge in [-0.1, -0.05) is 11.8 Å². The Balaban J connectivity index is 2.72. The fraction of sp³-hybridized carbons (Fsp3) is 0.438. The average Bonchev–Trinajstić information content (AvgIpc) is 2.44. The quantitative estimate of drug-likeness (QED) is 0.839. The van der Waals surface area contributed by atoms with Gasteiger partial charge in [0.15, 0.2) is 0 Å². The van der Waals surface area contributed by atoms with E-state index < -0.39 is 5.82 Å². The number of halogens is 1. The monoisotopic (exact) mass is 292 g/mol. The number of nitrogens with two attached hydrogens (primary N) is 1. The van der Waals surface area contributed by atoms with E-state index in [-0.39, 0.29) is 29.7 Å². The first-order valence-electron chi connectivity index (χ1n) is 6.81. The zero-order valence-electron chi connectivity index (χ0n) is 12.6. The third kappa shape index (κ3) is 5.54. The molecule has 0 fully saturated rings. The summed E-state index contributed by atoms with van der Waals surface area (Å²) in [4.78, 5) is 13.6. The molecule has 0 saturated carbocycles. The van der Waals surface area contributed by atoms with Gasteiger partial charge in [0.05, 0.1) is 24.8 Å². The zero-order chi connectivity index (χ0) is 15.8. The molecule has 1 rings (SSSR count). The van der Waals surface area contributed by atoms with Crippen LogP contribution in [0.1, 0.15) is 29.8 Å². The van der Waals surface area contributed by atoms with E-state index in [2.05, 4.69) is 11.8 Å². The van der Waals surface area contributed by atoms with Crippen molar-refractivity contribution >= 4 is 5.91 Å². The molecule has 21 heavy (non-hydrogen) atoms. The van der Waals surface area contributed by atoms with Crippen molar-refractivity contribution in [2.24, 2.45) is 5.73 Å². The van der Waals surface area contributed by atoms with Crippen LogP contribution >= 0.6 is 0 Å². The molecule has 2 N–H and O–H groups in total. The number of hydrogen-bond acceptors (Lipinski definition) is 3. The first-order chi connectivity index (χ1) is 9.95. The smallest absolute Gasteiger partial charge is 0.253 e. The molecular weight excluding hydrogens is 271 g/mol. The topological polar surface area (TPSA) is 55.6 Å². The van der Waals surface area contributed by atoms with Gasteiger partial charge >= 0.3 is 0 Å². The van der Waals surface area contributed by atoms with E-state index in [9.17, 15) is 9.18 Å². The van der Waals surface area contributed by atoms with E-state index in [0.29, 0.717) is 13.2 Å². The van der Waals surface area contributed by atoms with Gasteiger partial charge < -0.3 is 15.4 Å². The maximum absolute atomic E-state index is 13.8. The van der Waals surface area contributed by atoms with Crippen molar-refractivity contribution in [2.45, 2.75) is 20.0 Å². The molecule has 4 nitrogen and oxygen atoms in total. The minimum Gasteiger partial charge on any atom is -0.377 e. The van der Waals surface area contributed by atoms with E-state index in [0.717, 1.165) is 0 Å². The summed E-state index contributed by atoms with van der Waals surface area (Å²) in [5, 5.41) is 0. The predicted octanol–water partition coefficient (Wildman–Crippen LogP) is 1.63. The van der Waals surface area contributed by atoms with Crippen LogP contribution in [0.2, 0.25) is 0 Å². The Morgan fingerprint density at radius 1 is 1.48 bits per heavy atom. The summed E-state index contributed by atoms with van der Waals surface area (Å²) in [5.74, 6) is 4.43. The lowest BCUT2D eigenvalue weighted by Gasteiger charge is -2.18. The molecule has 0 atom stereocenters. The van der Waals surface area contributed by atoms with Crippen LogP contribution in [0.5, 0.6) is 0 Å². The van der Waals surface area contributed by atoms with Crippen molar-refractivity contribution in [2.75, 3.05) is 26.7 Å². The van der Waals surface area contributed by atoms with Crippen LogP contribution in [-0.4, -0.2) is 43.7 Å². The van der Waals surface area contributed by atoms with Crippen LogP contribution in [0.15, 0.2) is 18.2 Å². The molecule has 0 saturated heterocycles. The van der Waals surface area contributed by atoms with Gasteiger partial charge in [-0.3, -0.25) is 4.79 Å². The van der Waals surface area contributed by atoms with Crippen LogP contribution < -0.4 is 5.73 Å². The van der Waals surface area contributed by atoms with Gasteiger partial charge in [0.2, 0.25) is 0 Å². The van der Waals surface area contributed by atoms with Gasteiger partial charge in [-0.15, -0.1) is 0 Å². The van der Waals surface area contributed by atoms with Crippen LogP contribution in [0.3, 0.4) is 0 Å². The van der Waals surface area contributed by atoms with Gasteiger partial charge in [-0.2, -0.15) is 0 Å². The Bertz CT molecular complexity index is 547. The Kier molecular flexibility index (Phi) is 6.86. The van der Waals surface area contributed by atoms with Crippen molar-refractivity contribution < 1.29 is 13.9 Å². The lowest BCUT2D eigenvalue weighted by Crippen LogP contribution is -2.30. The van der Waals surface area contributed by atoms with Gasteiger partial charge in [0.25, 0.3) is 5.91 Å². The fourth-order valence-corrected chi connectivity index (χ4v) is 1.64. The van der Waals surface area contributed by atoms with Crippen molar-refractivity contribution in [3.05, 3.63) is 35.1 Å². The largest absolute Gasteiger partial charge is 0.377 e. The number of ether oxygens (including phenoxy) is 1. The zero-order valence-corrected chi connectivity index (χ0v) is 12.6. The Labute approximate surface area is 125 Å². The Morgan fingerprint density at radius 2 is 2.19 bits per heavy atom. The molecular formula is C16H21FN2O2. The van der Waals surface area contributed by atoms with E-state index in [1.54, 1.807) is 13.1 Å². The minimum absolute atomic E-state index is 0.117. The molecule has 1 aromatic carbocycles. The highest BCUT2D eigenvalue weighted by Gasteiger charge is 2.13. The second kappa shape index (κ2) is 8.40. The summed E-state index contributed by atoms with van der Waals surface area (Å²) >= 11 is 0. The normalized spacial score (nSPS) is 10.2. The van der Waals surface area contributed by atoms with Crippen LogP contribution in [0, 0.1) is 17.7 Å². The minimum atomic E-state index is -0.520. The number of amides is 1. The number of nitrogens with zero attached hydrogens (tertiary/aromatic N) is 1. The second-order valence-corrected chi connectivity index (χ2v) is 4.85. The fourth-order valence-electron chi connectivity index (χ4n) is 1.64. The Hall–Kier alpha value is -1.90. The number of rotatable bonds is 5. The van der Waals surface area contributed by atoms with Crippen molar-refractivity contribution in [1.29, 1.82) is 0 Å². The molecule has 0 heterocycles. The van der Waals surface area contributed by atoms with E-state index in [1.807, 2.05) is 13.8 Å². The van der Waals surface area contributed by atoms with Gasteiger partial charge in [0.1, 0.15) is 5.82 Å². The standard InChI is InChI=1S/C16H21FN2O2/c1-12(2)21-10-9-19(3)16(20)14-7-6-13(5-4-8-18)15(17)11-14/h6-7,11-12H,8-10,18H2,1-3H3. The lowest BCUT2D eigenvalue weighted by atomic mass is 10.1. The molecule has 0 aromatic heterocycles. The summed E-state index contributed by atoms with van der Waals surface area (Å²) in [7, 11) is 1.66. The number of benzene rings is 1. The summed E-state index contributed by atoms with van der Waals surface area (Å²) < 4.78 is 19.2. The molecule has 0 aliphatic rings. The number of likely N-dealkylation sites (N-methyl/N-ethyl adjacent to an activating group) is 1. The molecule has 1 amide bonds. The van der Waals surface area contributed by atoms with Crippen molar-refractivity contribution in [3.8, 4) is 11.8 Å². The highest BCUT2D eigenvalue weighted by atomic mass is 19.1. The molecule has 0 spiro atoms. The SMILES string of the molecule is CC(C)OCCN(C)C(=O)c1ccc(C#CCN)c(F)c1. The predicted molar refractivity (Wildman–Crippen MR) is 80.4 cm³/mol. The number of hydrogen-bond donors (Lipinski definition) is 1. The van der Waals surface area contributed by atoms with Crippen molar-refractivity contribution in [1.82, 2.24) is 4.90 Å². The lowest BCUT2D eigenvalue weighted by molar-refractivity contribution is 0.0532. The van der Waals surface area contributed by atoms with Gasteiger partial charge in [-0.05, 0) is 32.0 Å². The van der Waals surface area contributed by atoms with Crippen molar-refractivity contribution in [3.63, 3.8) is 0 Å². The number of carbonyl (C=O) groups is 1. The second-order valence-electron chi connectivity index (χ2n) is 4.85. The molecule has 0 unspecified atom stereocenters. The molecule has 114 valence electrons. The third-order valence-electron chi connectivity index (χ3n) is 2.77. The van der Waals surface area contributed by atoms with Gasteiger partial charge in [0, 0.05) is 19.2 Å². The molecule has 0 aliphatic carbocycles.